The van der Waals surface area contributed by atoms with Crippen LogP contribution in [0.15, 0.2) is 78.2 Å². The van der Waals surface area contributed by atoms with Gasteiger partial charge in [0, 0.05) is 23.6 Å². The molecule has 0 aliphatic carbocycles. The maximum Gasteiger partial charge on any atom is 0.416 e. The van der Waals surface area contributed by atoms with Gasteiger partial charge < -0.3 is 5.32 Å². The molecule has 0 fully saturated rings. The van der Waals surface area contributed by atoms with E-state index in [2.05, 4.69) is 20.5 Å². The van der Waals surface area contributed by atoms with Crippen LogP contribution in [0.3, 0.4) is 0 Å². The maximum atomic E-state index is 13.0. The minimum Gasteiger partial charge on any atom is -0.325 e. The molecule has 0 spiro atoms. The number of rotatable bonds is 6. The number of hydrogen-bond acceptors (Lipinski definition) is 5. The lowest BCUT2D eigenvalue weighted by molar-refractivity contribution is -0.137. The van der Waals surface area contributed by atoms with Crippen molar-refractivity contribution in [1.82, 2.24) is 19.7 Å². The number of amides is 1. The number of aromatic nitrogens is 4. The molecule has 10 heteroatoms. The number of benzene rings is 2. The molecule has 1 atom stereocenters. The van der Waals surface area contributed by atoms with Crippen molar-refractivity contribution in [1.29, 1.82) is 0 Å². The Hall–Kier alpha value is -3.66. The van der Waals surface area contributed by atoms with E-state index in [-0.39, 0.29) is 5.69 Å². The number of aryl methyl sites for hydroxylation is 1. The molecule has 0 saturated heterocycles. The zero-order chi connectivity index (χ0) is 24.3. The quantitative estimate of drug-likeness (QED) is 0.352. The fourth-order valence-electron chi connectivity index (χ4n) is 3.29. The summed E-state index contributed by atoms with van der Waals surface area (Å²) in [7, 11) is 0. The van der Waals surface area contributed by atoms with Crippen LogP contribution in [0.4, 0.5) is 18.9 Å². The van der Waals surface area contributed by atoms with Crippen molar-refractivity contribution in [3.05, 3.63) is 84.2 Å². The van der Waals surface area contributed by atoms with Crippen molar-refractivity contribution in [2.24, 2.45) is 0 Å². The number of nitrogens with zero attached hydrogens (tertiary/aromatic N) is 4. The average Bonchev–Trinajstić information content (AvgIpc) is 3.22. The van der Waals surface area contributed by atoms with Gasteiger partial charge >= 0.3 is 6.18 Å². The van der Waals surface area contributed by atoms with E-state index in [1.165, 1.54) is 23.9 Å². The first-order chi connectivity index (χ1) is 16.2. The summed E-state index contributed by atoms with van der Waals surface area (Å²) in [6, 6.07) is 15.9. The number of nitrogens with one attached hydrogen (secondary N) is 1. The second-order valence-corrected chi connectivity index (χ2v) is 8.80. The van der Waals surface area contributed by atoms with Crippen molar-refractivity contribution in [2.75, 3.05) is 5.32 Å². The van der Waals surface area contributed by atoms with Crippen LogP contribution >= 0.6 is 11.8 Å². The number of pyridine rings is 1. The maximum absolute atomic E-state index is 13.0. The third kappa shape index (κ3) is 5.12. The average molecular weight is 484 g/mol. The summed E-state index contributed by atoms with van der Waals surface area (Å²) < 4.78 is 40.8. The van der Waals surface area contributed by atoms with Crippen molar-refractivity contribution >= 4 is 23.4 Å². The largest absolute Gasteiger partial charge is 0.416 e. The van der Waals surface area contributed by atoms with E-state index in [4.69, 9.17) is 0 Å². The Balaban J connectivity index is 1.62. The standard InChI is InChI=1S/C24H20F3N5OS/c1-15-6-3-4-9-20(15)32-21(17-10-12-28-13-11-17)30-31-23(32)34-16(2)22(33)29-19-8-5-7-18(14-19)24(25,26)27/h3-14,16H,1-2H3,(H,29,33)/t16-/m1/s1. The summed E-state index contributed by atoms with van der Waals surface area (Å²) in [6.45, 7) is 3.63. The Bertz CT molecular complexity index is 1310. The van der Waals surface area contributed by atoms with E-state index >= 15 is 0 Å². The highest BCUT2D eigenvalue weighted by molar-refractivity contribution is 8.00. The van der Waals surface area contributed by atoms with Gasteiger partial charge in [-0.25, -0.2) is 0 Å². The van der Waals surface area contributed by atoms with Crippen molar-refractivity contribution in [3.8, 4) is 17.1 Å². The van der Waals surface area contributed by atoms with Crippen LogP contribution in [0.2, 0.25) is 0 Å². The monoisotopic (exact) mass is 483 g/mol. The summed E-state index contributed by atoms with van der Waals surface area (Å²) in [5.41, 5.74) is 1.89. The highest BCUT2D eigenvalue weighted by atomic mass is 32.2. The van der Waals surface area contributed by atoms with Gasteiger partial charge in [0.2, 0.25) is 5.91 Å². The molecular weight excluding hydrogens is 463 g/mol. The van der Waals surface area contributed by atoms with Gasteiger partial charge in [-0.2, -0.15) is 13.2 Å². The van der Waals surface area contributed by atoms with Crippen molar-refractivity contribution in [3.63, 3.8) is 0 Å². The number of anilines is 1. The minimum absolute atomic E-state index is 0.0742. The van der Waals surface area contributed by atoms with Crippen LogP contribution in [0.1, 0.15) is 18.1 Å². The third-order valence-corrected chi connectivity index (χ3v) is 6.08. The Morgan fingerprint density at radius 1 is 1.03 bits per heavy atom. The second kappa shape index (κ2) is 9.68. The highest BCUT2D eigenvalue weighted by Gasteiger charge is 2.30. The molecule has 0 radical (unpaired) electrons. The van der Waals surface area contributed by atoms with Gasteiger partial charge in [0.15, 0.2) is 11.0 Å². The van der Waals surface area contributed by atoms with Crippen LogP contribution < -0.4 is 5.32 Å². The molecule has 1 N–H and O–H groups in total. The van der Waals surface area contributed by atoms with Gasteiger partial charge in [-0.05, 0) is 55.8 Å². The van der Waals surface area contributed by atoms with E-state index in [0.29, 0.717) is 11.0 Å². The zero-order valence-corrected chi connectivity index (χ0v) is 19.1. The first-order valence-electron chi connectivity index (χ1n) is 10.3. The number of hydrogen-bond donors (Lipinski definition) is 1. The predicted octanol–water partition coefficient (Wildman–Crippen LogP) is 5.78. The molecule has 2 heterocycles. The van der Waals surface area contributed by atoms with Crippen LogP contribution in [-0.4, -0.2) is 30.9 Å². The number of carbonyl (C=O) groups excluding carboxylic acids is 1. The lowest BCUT2D eigenvalue weighted by Crippen LogP contribution is -2.23. The van der Waals surface area contributed by atoms with Crippen LogP contribution in [0, 0.1) is 6.92 Å². The summed E-state index contributed by atoms with van der Waals surface area (Å²) in [5, 5.41) is 11.0. The van der Waals surface area contributed by atoms with E-state index in [9.17, 15) is 18.0 Å². The van der Waals surface area contributed by atoms with Gasteiger partial charge in [0.1, 0.15) is 0 Å². The van der Waals surface area contributed by atoms with Gasteiger partial charge in [0.25, 0.3) is 0 Å². The molecular formula is C24H20F3N5OS. The first-order valence-corrected chi connectivity index (χ1v) is 11.2. The molecule has 0 aliphatic rings. The minimum atomic E-state index is -4.49. The zero-order valence-electron chi connectivity index (χ0n) is 18.2. The molecule has 0 unspecified atom stereocenters. The van der Waals surface area contributed by atoms with E-state index < -0.39 is 22.9 Å². The smallest absolute Gasteiger partial charge is 0.325 e. The van der Waals surface area contributed by atoms with Crippen molar-refractivity contribution in [2.45, 2.75) is 30.4 Å². The molecule has 6 nitrogen and oxygen atoms in total. The Morgan fingerprint density at radius 2 is 1.76 bits per heavy atom. The predicted molar refractivity (Wildman–Crippen MR) is 125 cm³/mol. The SMILES string of the molecule is Cc1ccccc1-n1c(S[C@H](C)C(=O)Nc2cccc(C(F)(F)F)c2)nnc1-c1ccncc1. The van der Waals surface area contributed by atoms with Gasteiger partial charge in [-0.3, -0.25) is 14.3 Å². The Morgan fingerprint density at radius 3 is 2.47 bits per heavy atom. The van der Waals surface area contributed by atoms with Crippen LogP contribution in [0.5, 0.6) is 0 Å². The number of thioether (sulfide) groups is 1. The molecule has 0 saturated carbocycles. The summed E-state index contributed by atoms with van der Waals surface area (Å²) >= 11 is 1.17. The Kier molecular flexibility index (Phi) is 6.69. The van der Waals surface area contributed by atoms with Gasteiger partial charge in [-0.15, -0.1) is 10.2 Å². The van der Waals surface area contributed by atoms with Gasteiger partial charge in [0.05, 0.1) is 16.5 Å². The molecule has 2 aromatic carbocycles. The topological polar surface area (TPSA) is 72.7 Å². The van der Waals surface area contributed by atoms with Crippen LogP contribution in [0.25, 0.3) is 17.1 Å². The molecule has 4 rings (SSSR count). The van der Waals surface area contributed by atoms with E-state index in [1.807, 2.05) is 47.9 Å². The third-order valence-electron chi connectivity index (χ3n) is 5.04. The second-order valence-electron chi connectivity index (χ2n) is 7.49. The number of halogens is 3. The molecule has 0 aliphatic heterocycles. The summed E-state index contributed by atoms with van der Waals surface area (Å²) in [4.78, 5) is 16.8. The lowest BCUT2D eigenvalue weighted by Gasteiger charge is -2.16. The number of alkyl halides is 3. The fourth-order valence-corrected chi connectivity index (χ4v) is 4.15. The van der Waals surface area contributed by atoms with E-state index in [0.717, 1.165) is 28.9 Å². The number of carbonyl (C=O) groups is 1. The summed E-state index contributed by atoms with van der Waals surface area (Å²) in [6.07, 6.45) is -1.18. The number of para-hydroxylation sites is 1. The van der Waals surface area contributed by atoms with Crippen LogP contribution in [-0.2, 0) is 11.0 Å². The Labute approximate surface area is 198 Å². The summed E-state index contributed by atoms with van der Waals surface area (Å²) in [5.74, 6) is 0.138. The molecule has 0 bridgehead atoms. The van der Waals surface area contributed by atoms with Crippen molar-refractivity contribution < 1.29 is 18.0 Å². The fraction of sp³-hybridized carbons (Fsp3) is 0.167. The molecule has 174 valence electrons. The normalized spacial score (nSPS) is 12.4. The molecule has 1 amide bonds. The lowest BCUT2D eigenvalue weighted by atomic mass is 10.2. The molecule has 34 heavy (non-hydrogen) atoms. The molecule has 4 aromatic rings. The van der Waals surface area contributed by atoms with E-state index in [1.54, 1.807) is 19.3 Å². The molecule has 2 aromatic heterocycles. The van der Waals surface area contributed by atoms with Gasteiger partial charge in [-0.1, -0.05) is 36.0 Å². The first kappa shape index (κ1) is 23.5. The highest BCUT2D eigenvalue weighted by Crippen LogP contribution is 2.33.